The van der Waals surface area contributed by atoms with Crippen molar-refractivity contribution in [2.75, 3.05) is 20.3 Å². The minimum atomic E-state index is -0.485. The predicted molar refractivity (Wildman–Crippen MR) is 96.3 cm³/mol. The van der Waals surface area contributed by atoms with Crippen molar-refractivity contribution >= 4 is 23.6 Å². The highest BCUT2D eigenvalue weighted by atomic mass is 35.5. The zero-order chi connectivity index (χ0) is 18.5. The van der Waals surface area contributed by atoms with E-state index >= 15 is 0 Å². The van der Waals surface area contributed by atoms with E-state index in [1.807, 2.05) is 0 Å². The van der Waals surface area contributed by atoms with Crippen LogP contribution in [0.5, 0.6) is 17.2 Å². The third kappa shape index (κ3) is 4.26. The Bertz CT molecular complexity index is 854. The second-order valence-corrected chi connectivity index (χ2v) is 5.95. The number of fused-ring (bicyclic) bond motifs is 1. The van der Waals surface area contributed by atoms with Crippen LogP contribution in [0.25, 0.3) is 6.08 Å². The molecule has 0 atom stereocenters. The Morgan fingerprint density at radius 3 is 2.88 bits per heavy atom. The maximum Gasteiger partial charge on any atom is 0.244 e. The SMILES string of the molecule is COc1ccc(/C=C/C(=O)NCc2cc(Cl)c3c(c2)OCCO3)cc1F. The van der Waals surface area contributed by atoms with E-state index in [1.165, 1.54) is 31.4 Å². The monoisotopic (exact) mass is 377 g/mol. The van der Waals surface area contributed by atoms with Gasteiger partial charge in [0.25, 0.3) is 0 Å². The molecule has 0 aromatic heterocycles. The van der Waals surface area contributed by atoms with Gasteiger partial charge in [-0.3, -0.25) is 4.79 Å². The Morgan fingerprint density at radius 1 is 1.31 bits per heavy atom. The third-order valence-electron chi connectivity index (χ3n) is 3.73. The van der Waals surface area contributed by atoms with E-state index in [4.69, 9.17) is 25.8 Å². The normalized spacial score (nSPS) is 12.9. The van der Waals surface area contributed by atoms with Crippen molar-refractivity contribution in [3.63, 3.8) is 0 Å². The summed E-state index contributed by atoms with van der Waals surface area (Å²) in [5.41, 5.74) is 1.34. The Balaban J connectivity index is 1.60. The van der Waals surface area contributed by atoms with Gasteiger partial charge < -0.3 is 19.5 Å². The molecule has 0 spiro atoms. The van der Waals surface area contributed by atoms with Gasteiger partial charge in [0.1, 0.15) is 13.2 Å². The van der Waals surface area contributed by atoms with Crippen LogP contribution >= 0.6 is 11.6 Å². The Labute approximate surface area is 155 Å². The van der Waals surface area contributed by atoms with E-state index < -0.39 is 5.82 Å². The van der Waals surface area contributed by atoms with E-state index in [0.717, 1.165) is 5.56 Å². The lowest BCUT2D eigenvalue weighted by atomic mass is 10.2. The van der Waals surface area contributed by atoms with E-state index in [1.54, 1.807) is 18.2 Å². The topological polar surface area (TPSA) is 56.8 Å². The summed E-state index contributed by atoms with van der Waals surface area (Å²) >= 11 is 6.17. The van der Waals surface area contributed by atoms with Crippen LogP contribution in [0.3, 0.4) is 0 Å². The average Bonchev–Trinajstić information content (AvgIpc) is 2.65. The molecule has 2 aromatic rings. The van der Waals surface area contributed by atoms with Gasteiger partial charge >= 0.3 is 0 Å². The molecule has 0 radical (unpaired) electrons. The second-order valence-electron chi connectivity index (χ2n) is 5.55. The molecular weight excluding hydrogens is 361 g/mol. The molecule has 0 saturated heterocycles. The largest absolute Gasteiger partial charge is 0.494 e. The molecule has 0 bridgehead atoms. The quantitative estimate of drug-likeness (QED) is 0.809. The smallest absolute Gasteiger partial charge is 0.244 e. The maximum absolute atomic E-state index is 13.6. The molecule has 1 N–H and O–H groups in total. The number of amides is 1. The fourth-order valence-electron chi connectivity index (χ4n) is 2.47. The summed E-state index contributed by atoms with van der Waals surface area (Å²) in [6, 6.07) is 7.96. The lowest BCUT2D eigenvalue weighted by molar-refractivity contribution is -0.116. The van der Waals surface area contributed by atoms with Crippen molar-refractivity contribution < 1.29 is 23.4 Å². The highest BCUT2D eigenvalue weighted by Crippen LogP contribution is 2.38. The van der Waals surface area contributed by atoms with Crippen LogP contribution < -0.4 is 19.5 Å². The molecule has 2 aromatic carbocycles. The van der Waals surface area contributed by atoms with Gasteiger partial charge in [0.2, 0.25) is 5.91 Å². The summed E-state index contributed by atoms with van der Waals surface area (Å²) < 4.78 is 29.4. The van der Waals surface area contributed by atoms with Crippen LogP contribution in [-0.2, 0) is 11.3 Å². The first-order valence-corrected chi connectivity index (χ1v) is 8.32. The van der Waals surface area contributed by atoms with Gasteiger partial charge in [0.05, 0.1) is 12.1 Å². The van der Waals surface area contributed by atoms with E-state index in [9.17, 15) is 9.18 Å². The molecular formula is C19H17ClFNO4. The number of carbonyl (C=O) groups is 1. The van der Waals surface area contributed by atoms with Crippen molar-refractivity contribution in [1.29, 1.82) is 0 Å². The first-order valence-electron chi connectivity index (χ1n) is 7.94. The lowest BCUT2D eigenvalue weighted by Crippen LogP contribution is -2.21. The summed E-state index contributed by atoms with van der Waals surface area (Å²) in [5, 5.41) is 3.18. The van der Waals surface area contributed by atoms with Crippen molar-refractivity contribution in [3.05, 3.63) is 58.4 Å². The van der Waals surface area contributed by atoms with Crippen LogP contribution in [0.4, 0.5) is 4.39 Å². The van der Waals surface area contributed by atoms with Crippen LogP contribution in [0, 0.1) is 5.82 Å². The molecule has 0 saturated carbocycles. The Morgan fingerprint density at radius 2 is 2.12 bits per heavy atom. The number of methoxy groups -OCH3 is 1. The maximum atomic E-state index is 13.6. The number of benzene rings is 2. The molecule has 0 unspecified atom stereocenters. The Kier molecular flexibility index (Phi) is 5.63. The Hall–Kier alpha value is -2.73. The van der Waals surface area contributed by atoms with Crippen molar-refractivity contribution in [3.8, 4) is 17.2 Å². The van der Waals surface area contributed by atoms with Gasteiger partial charge in [0, 0.05) is 12.6 Å². The summed E-state index contributed by atoms with van der Waals surface area (Å²) in [4.78, 5) is 12.0. The fourth-order valence-corrected chi connectivity index (χ4v) is 2.76. The molecule has 1 heterocycles. The second kappa shape index (κ2) is 8.10. The van der Waals surface area contributed by atoms with Gasteiger partial charge in [-0.05, 0) is 41.5 Å². The third-order valence-corrected chi connectivity index (χ3v) is 4.01. The van der Waals surface area contributed by atoms with Crippen LogP contribution in [0.15, 0.2) is 36.4 Å². The molecule has 136 valence electrons. The molecule has 0 aliphatic carbocycles. The van der Waals surface area contributed by atoms with E-state index in [2.05, 4.69) is 5.32 Å². The molecule has 1 amide bonds. The molecule has 26 heavy (non-hydrogen) atoms. The summed E-state index contributed by atoms with van der Waals surface area (Å²) in [7, 11) is 1.39. The minimum Gasteiger partial charge on any atom is -0.494 e. The lowest BCUT2D eigenvalue weighted by Gasteiger charge is -2.20. The van der Waals surface area contributed by atoms with Crippen molar-refractivity contribution in [1.82, 2.24) is 5.32 Å². The fraction of sp³-hybridized carbons (Fsp3) is 0.211. The first-order chi connectivity index (χ1) is 12.6. The summed E-state index contributed by atoms with van der Waals surface area (Å²) in [6.45, 7) is 1.19. The summed E-state index contributed by atoms with van der Waals surface area (Å²) in [6.07, 6.45) is 2.86. The number of hydrogen-bond acceptors (Lipinski definition) is 4. The highest BCUT2D eigenvalue weighted by molar-refractivity contribution is 6.32. The summed E-state index contributed by atoms with van der Waals surface area (Å²) in [5.74, 6) is 0.446. The average molecular weight is 378 g/mol. The standard InChI is InChI=1S/C19H17ClFNO4/c1-24-16-4-2-12(9-15(16)21)3-5-18(23)22-11-13-8-14(20)19-17(10-13)25-6-7-26-19/h2-5,8-10H,6-7,11H2,1H3,(H,22,23)/b5-3+. The molecule has 5 nitrogen and oxygen atoms in total. The highest BCUT2D eigenvalue weighted by Gasteiger charge is 2.16. The zero-order valence-electron chi connectivity index (χ0n) is 14.1. The number of hydrogen-bond donors (Lipinski definition) is 1. The number of nitrogens with one attached hydrogen (secondary N) is 1. The molecule has 0 fully saturated rings. The molecule has 1 aliphatic heterocycles. The first kappa shape index (κ1) is 18.1. The number of halogens is 2. The zero-order valence-corrected chi connectivity index (χ0v) is 14.8. The van der Waals surface area contributed by atoms with E-state index in [0.29, 0.717) is 35.3 Å². The van der Waals surface area contributed by atoms with Gasteiger partial charge in [0.15, 0.2) is 23.1 Å². The van der Waals surface area contributed by atoms with Crippen LogP contribution in [0.1, 0.15) is 11.1 Å². The molecule has 7 heteroatoms. The number of ether oxygens (including phenoxy) is 3. The van der Waals surface area contributed by atoms with Crippen molar-refractivity contribution in [2.24, 2.45) is 0 Å². The van der Waals surface area contributed by atoms with Gasteiger partial charge in [-0.25, -0.2) is 4.39 Å². The van der Waals surface area contributed by atoms with Crippen molar-refractivity contribution in [2.45, 2.75) is 6.54 Å². The van der Waals surface area contributed by atoms with E-state index in [-0.39, 0.29) is 18.2 Å². The minimum absolute atomic E-state index is 0.155. The number of rotatable bonds is 5. The van der Waals surface area contributed by atoms with Crippen LogP contribution in [0.2, 0.25) is 5.02 Å². The molecule has 1 aliphatic rings. The van der Waals surface area contributed by atoms with Gasteiger partial charge in [-0.15, -0.1) is 0 Å². The molecule has 3 rings (SSSR count). The van der Waals surface area contributed by atoms with Gasteiger partial charge in [-0.1, -0.05) is 17.7 Å². The number of carbonyl (C=O) groups excluding carboxylic acids is 1. The predicted octanol–water partition coefficient (Wildman–Crippen LogP) is 3.59. The van der Waals surface area contributed by atoms with Gasteiger partial charge in [-0.2, -0.15) is 0 Å². The van der Waals surface area contributed by atoms with Crippen LogP contribution in [-0.4, -0.2) is 26.2 Å².